The second kappa shape index (κ2) is 9.11. The number of hydrogen-bond acceptors (Lipinski definition) is 5. The molecule has 11 heteroatoms. The van der Waals surface area contributed by atoms with Gasteiger partial charge in [0.2, 0.25) is 10.0 Å². The summed E-state index contributed by atoms with van der Waals surface area (Å²) in [5.74, 6) is 0.400. The summed E-state index contributed by atoms with van der Waals surface area (Å²) in [6.45, 7) is 4.10. The van der Waals surface area contributed by atoms with Gasteiger partial charge in [-0.2, -0.15) is 0 Å². The van der Waals surface area contributed by atoms with Gasteiger partial charge < -0.3 is 19.9 Å². The van der Waals surface area contributed by atoms with Crippen LogP contribution in [0.5, 0.6) is 5.75 Å². The van der Waals surface area contributed by atoms with E-state index in [1.807, 2.05) is 36.1 Å². The number of aromatic amines is 1. The second-order valence-electron chi connectivity index (χ2n) is 7.86. The number of H-pyrrole nitrogens is 1. The van der Waals surface area contributed by atoms with E-state index in [-0.39, 0.29) is 12.1 Å². The summed E-state index contributed by atoms with van der Waals surface area (Å²) in [5.41, 5.74) is 5.30. The number of aryl methyl sites for hydroxylation is 2. The average molecular weight is 598 g/mol. The minimum atomic E-state index is -3.45. The summed E-state index contributed by atoms with van der Waals surface area (Å²) in [5, 5.41) is 4.00. The van der Waals surface area contributed by atoms with Gasteiger partial charge in [-0.05, 0) is 72.9 Å². The maximum Gasteiger partial charge on any atom is 0.229 e. The van der Waals surface area contributed by atoms with Gasteiger partial charge in [-0.3, -0.25) is 9.71 Å². The maximum absolute atomic E-state index is 11.8. The van der Waals surface area contributed by atoms with Crippen LogP contribution in [0.25, 0.3) is 0 Å². The minimum Gasteiger partial charge on any atom is -0.494 e. The lowest BCUT2D eigenvalue weighted by molar-refractivity contribution is 0.417. The van der Waals surface area contributed by atoms with E-state index < -0.39 is 10.0 Å². The Kier molecular flexibility index (Phi) is 6.56. The number of benzene rings is 1. The van der Waals surface area contributed by atoms with E-state index in [0.717, 1.165) is 38.2 Å². The number of hydrogen-bond donors (Lipinski definition) is 3. The minimum absolute atomic E-state index is 0.178. The molecule has 1 aliphatic heterocycles. The zero-order chi connectivity index (χ0) is 23.9. The maximum atomic E-state index is 11.8. The number of nitrogens with one attached hydrogen (secondary N) is 3. The van der Waals surface area contributed by atoms with Crippen molar-refractivity contribution in [1.82, 2.24) is 15.3 Å². The van der Waals surface area contributed by atoms with Crippen molar-refractivity contribution in [2.75, 3.05) is 23.0 Å². The predicted molar refractivity (Wildman–Crippen MR) is 142 cm³/mol. The van der Waals surface area contributed by atoms with Crippen LogP contribution in [0.2, 0.25) is 0 Å². The number of rotatable bonds is 6. The molecule has 4 rings (SSSR count). The van der Waals surface area contributed by atoms with Gasteiger partial charge >= 0.3 is 0 Å². The summed E-state index contributed by atoms with van der Waals surface area (Å²) in [7, 11) is -1.95. The van der Waals surface area contributed by atoms with E-state index >= 15 is 0 Å². The van der Waals surface area contributed by atoms with Gasteiger partial charge in [0.1, 0.15) is 5.75 Å². The first-order valence-electron chi connectivity index (χ1n) is 10.1. The Labute approximate surface area is 212 Å². The van der Waals surface area contributed by atoms with Crippen LogP contribution < -0.4 is 19.7 Å². The van der Waals surface area contributed by atoms with Crippen LogP contribution in [0.3, 0.4) is 0 Å². The second-order valence-corrected chi connectivity index (χ2v) is 11.1. The Balaban J connectivity index is 1.86. The largest absolute Gasteiger partial charge is 0.494 e. The van der Waals surface area contributed by atoms with Crippen molar-refractivity contribution in [2.24, 2.45) is 0 Å². The first-order chi connectivity index (χ1) is 15.6. The van der Waals surface area contributed by atoms with Crippen LogP contribution in [-0.2, 0) is 10.0 Å². The number of halogens is 1. The van der Waals surface area contributed by atoms with Crippen LogP contribution in [0.15, 0.2) is 42.6 Å². The molecule has 1 saturated heterocycles. The van der Waals surface area contributed by atoms with Gasteiger partial charge in [0, 0.05) is 38.5 Å². The molecule has 0 bridgehead atoms. The number of sulfonamides is 1. The molecule has 3 N–H and O–H groups in total. The van der Waals surface area contributed by atoms with Crippen LogP contribution in [-0.4, -0.2) is 36.9 Å². The molecule has 3 heterocycles. The molecule has 2 aromatic heterocycles. The molecular weight excluding hydrogens is 573 g/mol. The van der Waals surface area contributed by atoms with Gasteiger partial charge in [0.25, 0.3) is 0 Å². The highest BCUT2D eigenvalue weighted by atomic mass is 127. The number of ether oxygens (including phenoxy) is 1. The van der Waals surface area contributed by atoms with Gasteiger partial charge in [-0.25, -0.2) is 8.42 Å². The zero-order valence-electron chi connectivity index (χ0n) is 18.5. The van der Waals surface area contributed by atoms with Crippen molar-refractivity contribution in [3.63, 3.8) is 0 Å². The standard InChI is InChI=1S/C22H24IN5O3S2/c1-12-18(19(23)13(2)25-12)21-20(16-7-5-6-10-24-16)26-22(32)28(21)14-8-9-15(17(11-14)31-3)27-33(4,29)30/h5-11,20-21,25,27H,1-4H3,(H,26,32)/t20-,21-/m0/s1. The molecule has 8 nitrogen and oxygen atoms in total. The Morgan fingerprint density at radius 1 is 1.21 bits per heavy atom. The van der Waals surface area contributed by atoms with Crippen LogP contribution in [0.1, 0.15) is 34.7 Å². The lowest BCUT2D eigenvalue weighted by Gasteiger charge is -2.29. The third-order valence-electron chi connectivity index (χ3n) is 5.50. The van der Waals surface area contributed by atoms with Gasteiger partial charge in [0.05, 0.1) is 36.8 Å². The van der Waals surface area contributed by atoms with E-state index in [4.69, 9.17) is 17.0 Å². The number of aromatic nitrogens is 2. The fourth-order valence-corrected chi connectivity index (χ4v) is 5.93. The monoisotopic (exact) mass is 597 g/mol. The van der Waals surface area contributed by atoms with Crippen molar-refractivity contribution >= 4 is 61.3 Å². The molecular formula is C22H24IN5O3S2. The smallest absolute Gasteiger partial charge is 0.229 e. The molecule has 2 atom stereocenters. The van der Waals surface area contributed by atoms with Gasteiger partial charge in [-0.1, -0.05) is 6.07 Å². The molecule has 1 aliphatic rings. The number of methoxy groups -OCH3 is 1. The highest BCUT2D eigenvalue weighted by Crippen LogP contribution is 2.45. The molecule has 0 unspecified atom stereocenters. The third kappa shape index (κ3) is 4.66. The zero-order valence-corrected chi connectivity index (χ0v) is 22.3. The molecule has 3 aromatic rings. The quantitative estimate of drug-likeness (QED) is 0.290. The average Bonchev–Trinajstić information content (AvgIpc) is 3.22. The number of nitrogens with zero attached hydrogens (tertiary/aromatic N) is 2. The van der Waals surface area contributed by atoms with E-state index in [0.29, 0.717) is 16.5 Å². The number of pyridine rings is 1. The Morgan fingerprint density at radius 2 is 1.97 bits per heavy atom. The molecule has 0 saturated carbocycles. The lowest BCUT2D eigenvalue weighted by atomic mass is 9.96. The fourth-order valence-electron chi connectivity index (χ4n) is 4.16. The van der Waals surface area contributed by atoms with Crippen LogP contribution >= 0.6 is 34.8 Å². The number of thiocarbonyl (C=S) groups is 1. The number of anilines is 2. The normalized spacial score (nSPS) is 18.3. The van der Waals surface area contributed by atoms with Crippen LogP contribution in [0.4, 0.5) is 11.4 Å². The molecule has 1 aromatic carbocycles. The molecule has 0 amide bonds. The third-order valence-corrected chi connectivity index (χ3v) is 7.79. The van der Waals surface area contributed by atoms with Crippen molar-refractivity contribution in [2.45, 2.75) is 25.9 Å². The molecule has 0 radical (unpaired) electrons. The summed E-state index contributed by atoms with van der Waals surface area (Å²) in [4.78, 5) is 10.1. The van der Waals surface area contributed by atoms with Gasteiger partial charge in [-0.15, -0.1) is 0 Å². The summed E-state index contributed by atoms with van der Waals surface area (Å²) in [6.07, 6.45) is 2.88. The molecule has 174 valence electrons. The van der Waals surface area contributed by atoms with E-state index in [1.54, 1.807) is 18.3 Å². The topological polar surface area (TPSA) is 99.3 Å². The first-order valence-corrected chi connectivity index (χ1v) is 13.5. The van der Waals surface area contributed by atoms with Gasteiger partial charge in [0.15, 0.2) is 5.11 Å². The molecule has 33 heavy (non-hydrogen) atoms. The molecule has 0 spiro atoms. The van der Waals surface area contributed by atoms with Crippen molar-refractivity contribution in [1.29, 1.82) is 0 Å². The lowest BCUT2D eigenvalue weighted by Crippen LogP contribution is -2.30. The van der Waals surface area contributed by atoms with Crippen LogP contribution in [0, 0.1) is 17.4 Å². The van der Waals surface area contributed by atoms with Crippen molar-refractivity contribution in [3.05, 3.63) is 68.8 Å². The van der Waals surface area contributed by atoms with Crippen molar-refractivity contribution < 1.29 is 13.2 Å². The highest BCUT2D eigenvalue weighted by molar-refractivity contribution is 14.1. The fraction of sp³-hybridized carbons (Fsp3) is 0.273. The Morgan fingerprint density at radius 3 is 2.55 bits per heavy atom. The summed E-state index contributed by atoms with van der Waals surface area (Å²) >= 11 is 8.16. The SMILES string of the molecule is COc1cc(N2C(=S)N[C@@H](c3ccccn3)[C@@H]2c2c(C)[nH]c(C)c2I)ccc1NS(C)(=O)=O. The summed E-state index contributed by atoms with van der Waals surface area (Å²) < 4.78 is 32.6. The van der Waals surface area contributed by atoms with E-state index in [2.05, 4.69) is 49.5 Å². The first kappa shape index (κ1) is 23.8. The van der Waals surface area contributed by atoms with E-state index in [1.165, 1.54) is 7.11 Å². The summed E-state index contributed by atoms with van der Waals surface area (Å²) in [6, 6.07) is 10.8. The highest BCUT2D eigenvalue weighted by Gasteiger charge is 2.43. The Hall–Kier alpha value is -2.38. The molecule has 1 fully saturated rings. The van der Waals surface area contributed by atoms with Crippen molar-refractivity contribution in [3.8, 4) is 5.75 Å². The van der Waals surface area contributed by atoms with E-state index in [9.17, 15) is 8.42 Å². The Bertz CT molecular complexity index is 1310. The molecule has 0 aliphatic carbocycles. The predicted octanol–water partition coefficient (Wildman–Crippen LogP) is 4.19.